The van der Waals surface area contributed by atoms with Gasteiger partial charge in [0.05, 0.1) is 0 Å². The van der Waals surface area contributed by atoms with Crippen molar-refractivity contribution in [1.82, 2.24) is 0 Å². The zero-order chi connectivity index (χ0) is 8.81. The summed E-state index contributed by atoms with van der Waals surface area (Å²) in [6.45, 7) is 4.07. The topological polar surface area (TPSA) is 0 Å². The van der Waals surface area contributed by atoms with Gasteiger partial charge in [0, 0.05) is 0 Å². The summed E-state index contributed by atoms with van der Waals surface area (Å²) in [5, 5.41) is 0. The van der Waals surface area contributed by atoms with Gasteiger partial charge in [-0.2, -0.15) is 0 Å². The van der Waals surface area contributed by atoms with Crippen LogP contribution in [0.5, 0.6) is 0 Å². The van der Waals surface area contributed by atoms with Gasteiger partial charge >= 0.3 is 18.9 Å². The van der Waals surface area contributed by atoms with Crippen LogP contribution in [-0.4, -0.2) is 18.9 Å². The van der Waals surface area contributed by atoms with Crippen molar-refractivity contribution in [2.45, 2.75) is 13.8 Å². The van der Waals surface area contributed by atoms with Crippen molar-refractivity contribution in [3.05, 3.63) is 47.5 Å². The Morgan fingerprint density at radius 3 is 1.54 bits per heavy atom. The SMILES string of the molecule is C/C=C\c1ccccc1/C=C\C.[LiH]. The van der Waals surface area contributed by atoms with Crippen molar-refractivity contribution in [2.75, 3.05) is 0 Å². The third-order valence-electron chi connectivity index (χ3n) is 1.69. The van der Waals surface area contributed by atoms with Crippen LogP contribution in [0.15, 0.2) is 36.4 Å². The number of benzene rings is 1. The fourth-order valence-electron chi connectivity index (χ4n) is 1.17. The van der Waals surface area contributed by atoms with Gasteiger partial charge in [0.15, 0.2) is 0 Å². The first-order valence-electron chi connectivity index (χ1n) is 4.23. The molecule has 1 aromatic rings. The molecule has 0 aliphatic rings. The fourth-order valence-corrected chi connectivity index (χ4v) is 1.17. The quantitative estimate of drug-likeness (QED) is 0.592. The van der Waals surface area contributed by atoms with Crippen molar-refractivity contribution in [3.63, 3.8) is 0 Å². The summed E-state index contributed by atoms with van der Waals surface area (Å²) in [4.78, 5) is 0. The molecular weight excluding hydrogens is 151 g/mol. The normalized spacial score (nSPS) is 10.6. The molecule has 0 saturated carbocycles. The van der Waals surface area contributed by atoms with Crippen LogP contribution in [0.25, 0.3) is 12.2 Å². The molecule has 64 valence electrons. The van der Waals surface area contributed by atoms with Crippen molar-refractivity contribution < 1.29 is 0 Å². The van der Waals surface area contributed by atoms with Crippen LogP contribution in [0.2, 0.25) is 0 Å². The number of hydrogen-bond donors (Lipinski definition) is 0. The maximum absolute atomic E-state index is 2.12. The summed E-state index contributed by atoms with van der Waals surface area (Å²) in [6, 6.07) is 8.36. The zero-order valence-electron chi connectivity index (χ0n) is 7.62. The molecule has 13 heavy (non-hydrogen) atoms. The van der Waals surface area contributed by atoms with Gasteiger partial charge in [-0.15, -0.1) is 0 Å². The standard InChI is InChI=1S/C12H14.Li.H/c1-3-7-11-9-5-6-10-12(11)8-4-2;;/h3-10H,1-2H3;;/b7-3-,8-4-;;. The average molecular weight is 166 g/mol. The molecule has 0 radical (unpaired) electrons. The minimum atomic E-state index is 0. The molecule has 0 aliphatic carbocycles. The van der Waals surface area contributed by atoms with E-state index in [0.29, 0.717) is 0 Å². The van der Waals surface area contributed by atoms with Crippen molar-refractivity contribution in [1.29, 1.82) is 0 Å². The molecular formula is C12H15Li. The van der Waals surface area contributed by atoms with Gasteiger partial charge in [-0.3, -0.25) is 0 Å². The van der Waals surface area contributed by atoms with Crippen LogP contribution >= 0.6 is 0 Å². The third-order valence-corrected chi connectivity index (χ3v) is 1.69. The molecule has 0 nitrogen and oxygen atoms in total. The van der Waals surface area contributed by atoms with Crippen molar-refractivity contribution >= 4 is 31.0 Å². The fraction of sp³-hybridized carbons (Fsp3) is 0.167. The van der Waals surface area contributed by atoms with E-state index in [2.05, 4.69) is 48.6 Å². The van der Waals surface area contributed by atoms with Gasteiger partial charge in [0.25, 0.3) is 0 Å². The molecule has 0 saturated heterocycles. The van der Waals surface area contributed by atoms with E-state index >= 15 is 0 Å². The van der Waals surface area contributed by atoms with Gasteiger partial charge in [0.1, 0.15) is 0 Å². The van der Waals surface area contributed by atoms with E-state index in [1.54, 1.807) is 0 Å². The Hall–Kier alpha value is -0.703. The Balaban J connectivity index is 0.00000144. The van der Waals surface area contributed by atoms with E-state index in [1.807, 2.05) is 13.8 Å². The van der Waals surface area contributed by atoms with Crippen molar-refractivity contribution in [3.8, 4) is 0 Å². The molecule has 1 aromatic carbocycles. The number of rotatable bonds is 2. The number of allylic oxidation sites excluding steroid dienone is 2. The first kappa shape index (κ1) is 12.3. The van der Waals surface area contributed by atoms with Gasteiger partial charge in [-0.25, -0.2) is 0 Å². The summed E-state index contributed by atoms with van der Waals surface area (Å²) in [7, 11) is 0. The van der Waals surface area contributed by atoms with Gasteiger partial charge in [-0.1, -0.05) is 48.6 Å². The molecule has 0 aliphatic heterocycles. The molecule has 0 N–H and O–H groups in total. The molecule has 0 bridgehead atoms. The summed E-state index contributed by atoms with van der Waals surface area (Å²) in [5.41, 5.74) is 2.55. The van der Waals surface area contributed by atoms with Crippen LogP contribution in [0.1, 0.15) is 25.0 Å². The van der Waals surface area contributed by atoms with E-state index in [-0.39, 0.29) is 18.9 Å². The molecule has 0 amide bonds. The van der Waals surface area contributed by atoms with Gasteiger partial charge < -0.3 is 0 Å². The predicted molar refractivity (Wildman–Crippen MR) is 63.0 cm³/mol. The summed E-state index contributed by atoms with van der Waals surface area (Å²) in [6.07, 6.45) is 8.36. The van der Waals surface area contributed by atoms with Gasteiger partial charge in [-0.05, 0) is 25.0 Å². The Labute approximate surface area is 92.5 Å². The van der Waals surface area contributed by atoms with Crippen LogP contribution in [0, 0.1) is 0 Å². The van der Waals surface area contributed by atoms with E-state index in [0.717, 1.165) is 0 Å². The predicted octanol–water partition coefficient (Wildman–Crippen LogP) is 3.10. The van der Waals surface area contributed by atoms with Crippen LogP contribution in [-0.2, 0) is 0 Å². The molecule has 1 heteroatoms. The van der Waals surface area contributed by atoms with E-state index in [9.17, 15) is 0 Å². The van der Waals surface area contributed by atoms with Gasteiger partial charge in [0.2, 0.25) is 0 Å². The van der Waals surface area contributed by atoms with Crippen LogP contribution in [0.3, 0.4) is 0 Å². The second kappa shape index (κ2) is 6.77. The van der Waals surface area contributed by atoms with E-state index < -0.39 is 0 Å². The number of hydrogen-bond acceptors (Lipinski definition) is 0. The molecule has 1 rings (SSSR count). The monoisotopic (exact) mass is 166 g/mol. The third kappa shape index (κ3) is 3.68. The summed E-state index contributed by atoms with van der Waals surface area (Å²) >= 11 is 0. The molecule has 0 unspecified atom stereocenters. The molecule has 0 fully saturated rings. The van der Waals surface area contributed by atoms with Crippen molar-refractivity contribution in [2.24, 2.45) is 0 Å². The van der Waals surface area contributed by atoms with Crippen LogP contribution < -0.4 is 0 Å². The van der Waals surface area contributed by atoms with Crippen LogP contribution in [0.4, 0.5) is 0 Å². The molecule has 0 atom stereocenters. The first-order chi connectivity index (χ1) is 5.88. The Bertz CT molecular complexity index is 267. The molecule has 0 heterocycles. The molecule has 0 spiro atoms. The van der Waals surface area contributed by atoms with E-state index in [1.165, 1.54) is 11.1 Å². The maximum atomic E-state index is 2.12. The minimum absolute atomic E-state index is 0. The zero-order valence-corrected chi connectivity index (χ0v) is 7.62. The Morgan fingerprint density at radius 2 is 1.23 bits per heavy atom. The van der Waals surface area contributed by atoms with E-state index in [4.69, 9.17) is 0 Å². The Morgan fingerprint density at radius 1 is 0.846 bits per heavy atom. The Kier molecular flexibility index (Phi) is 6.41. The average Bonchev–Trinajstić information content (AvgIpc) is 2.09. The first-order valence-corrected chi connectivity index (χ1v) is 4.23. The second-order valence-electron chi connectivity index (χ2n) is 2.63. The molecule has 0 aromatic heterocycles. The second-order valence-corrected chi connectivity index (χ2v) is 2.63. The summed E-state index contributed by atoms with van der Waals surface area (Å²) in [5.74, 6) is 0. The summed E-state index contributed by atoms with van der Waals surface area (Å²) < 4.78 is 0.